The van der Waals surface area contributed by atoms with Gasteiger partial charge in [-0.05, 0) is 25.1 Å². The van der Waals surface area contributed by atoms with Gasteiger partial charge in [0.15, 0.2) is 0 Å². The molecule has 1 aromatic carbocycles. The summed E-state index contributed by atoms with van der Waals surface area (Å²) in [5, 5.41) is 9.28. The Morgan fingerprint density at radius 1 is 1.50 bits per heavy atom. The van der Waals surface area contributed by atoms with E-state index in [2.05, 4.69) is 0 Å². The van der Waals surface area contributed by atoms with Crippen LogP contribution >= 0.6 is 0 Å². The Balaban J connectivity index is 3.10. The van der Waals surface area contributed by atoms with E-state index in [1.165, 1.54) is 25.3 Å². The fraction of sp³-hybridized carbons (Fsp3) is 0.400. The van der Waals surface area contributed by atoms with Gasteiger partial charge in [0.25, 0.3) is 0 Å². The summed E-state index contributed by atoms with van der Waals surface area (Å²) in [5.74, 6) is 0.0942. The molecule has 0 aliphatic carbocycles. The van der Waals surface area contributed by atoms with Crippen molar-refractivity contribution in [3.63, 3.8) is 0 Å². The minimum absolute atomic E-state index is 0.392. The molecule has 1 unspecified atom stereocenters. The summed E-state index contributed by atoms with van der Waals surface area (Å²) < 4.78 is 17.9. The van der Waals surface area contributed by atoms with E-state index in [4.69, 9.17) is 10.5 Å². The van der Waals surface area contributed by atoms with Gasteiger partial charge < -0.3 is 15.6 Å². The molecule has 3 nitrogen and oxygen atoms in total. The van der Waals surface area contributed by atoms with Gasteiger partial charge in [0, 0.05) is 5.56 Å². The average Bonchev–Trinajstić information content (AvgIpc) is 2.16. The SMILES string of the molecule is COc1ccc(F)cc1[C@H](N)C(C)O. The highest BCUT2D eigenvalue weighted by Crippen LogP contribution is 2.26. The van der Waals surface area contributed by atoms with Crippen LogP contribution in [-0.4, -0.2) is 18.3 Å². The van der Waals surface area contributed by atoms with Crippen molar-refractivity contribution < 1.29 is 14.2 Å². The summed E-state index contributed by atoms with van der Waals surface area (Å²) in [5.41, 5.74) is 6.16. The second kappa shape index (κ2) is 4.39. The number of benzene rings is 1. The third-order valence-electron chi connectivity index (χ3n) is 2.07. The topological polar surface area (TPSA) is 55.5 Å². The summed E-state index contributed by atoms with van der Waals surface area (Å²) in [7, 11) is 1.48. The normalized spacial score (nSPS) is 14.9. The minimum Gasteiger partial charge on any atom is -0.496 e. The lowest BCUT2D eigenvalue weighted by molar-refractivity contribution is 0.162. The van der Waals surface area contributed by atoms with Crippen LogP contribution in [-0.2, 0) is 0 Å². The van der Waals surface area contributed by atoms with Gasteiger partial charge in [-0.1, -0.05) is 0 Å². The molecule has 0 fully saturated rings. The minimum atomic E-state index is -0.745. The maximum absolute atomic E-state index is 12.9. The van der Waals surface area contributed by atoms with E-state index in [1.807, 2.05) is 0 Å². The van der Waals surface area contributed by atoms with Crippen molar-refractivity contribution in [2.75, 3.05) is 7.11 Å². The number of halogens is 1. The third kappa shape index (κ3) is 2.21. The molecule has 0 spiro atoms. The van der Waals surface area contributed by atoms with Crippen molar-refractivity contribution in [1.29, 1.82) is 0 Å². The molecule has 0 bridgehead atoms. The van der Waals surface area contributed by atoms with Crippen molar-refractivity contribution in [2.24, 2.45) is 5.73 Å². The Morgan fingerprint density at radius 3 is 2.64 bits per heavy atom. The highest BCUT2D eigenvalue weighted by atomic mass is 19.1. The van der Waals surface area contributed by atoms with E-state index in [0.29, 0.717) is 11.3 Å². The first-order valence-corrected chi connectivity index (χ1v) is 4.33. The molecular weight excluding hydrogens is 185 g/mol. The van der Waals surface area contributed by atoms with Gasteiger partial charge in [-0.25, -0.2) is 4.39 Å². The van der Waals surface area contributed by atoms with Crippen LogP contribution in [0.4, 0.5) is 4.39 Å². The smallest absolute Gasteiger partial charge is 0.123 e. The van der Waals surface area contributed by atoms with E-state index in [1.54, 1.807) is 6.92 Å². The van der Waals surface area contributed by atoms with Gasteiger partial charge in [-0.2, -0.15) is 0 Å². The van der Waals surface area contributed by atoms with Crippen molar-refractivity contribution >= 4 is 0 Å². The average molecular weight is 199 g/mol. The second-order valence-electron chi connectivity index (χ2n) is 3.15. The van der Waals surface area contributed by atoms with Gasteiger partial charge in [0.2, 0.25) is 0 Å². The first kappa shape index (κ1) is 10.9. The number of hydrogen-bond acceptors (Lipinski definition) is 3. The highest BCUT2D eigenvalue weighted by molar-refractivity contribution is 5.36. The standard InChI is InChI=1S/C10H14FNO2/c1-6(13)10(12)8-5-7(11)3-4-9(8)14-2/h3-6,10,13H,12H2,1-2H3/t6?,10-/m1/s1. The van der Waals surface area contributed by atoms with E-state index in [0.717, 1.165) is 0 Å². The van der Waals surface area contributed by atoms with Crippen LogP contribution in [0.2, 0.25) is 0 Å². The van der Waals surface area contributed by atoms with Crippen LogP contribution in [0.3, 0.4) is 0 Å². The Bertz CT molecular complexity index is 315. The lowest BCUT2D eigenvalue weighted by Gasteiger charge is -2.17. The first-order chi connectivity index (χ1) is 6.56. The Kier molecular flexibility index (Phi) is 3.43. The van der Waals surface area contributed by atoms with Gasteiger partial charge in [-0.3, -0.25) is 0 Å². The summed E-state index contributed by atoms with van der Waals surface area (Å²) in [6.45, 7) is 1.55. The molecule has 0 aliphatic rings. The molecule has 0 saturated heterocycles. The zero-order chi connectivity index (χ0) is 10.7. The van der Waals surface area contributed by atoms with Crippen molar-refractivity contribution in [3.8, 4) is 5.75 Å². The molecule has 1 rings (SSSR count). The van der Waals surface area contributed by atoms with Crippen LogP contribution in [0.1, 0.15) is 18.5 Å². The summed E-state index contributed by atoms with van der Waals surface area (Å²) in [6, 6.07) is 3.42. The van der Waals surface area contributed by atoms with Crippen LogP contribution in [0, 0.1) is 5.82 Å². The van der Waals surface area contributed by atoms with Crippen LogP contribution in [0.15, 0.2) is 18.2 Å². The Morgan fingerprint density at radius 2 is 2.14 bits per heavy atom. The number of nitrogens with two attached hydrogens (primary N) is 1. The zero-order valence-electron chi connectivity index (χ0n) is 8.20. The number of ether oxygens (including phenoxy) is 1. The van der Waals surface area contributed by atoms with Crippen LogP contribution < -0.4 is 10.5 Å². The van der Waals surface area contributed by atoms with Crippen molar-refractivity contribution in [2.45, 2.75) is 19.1 Å². The molecular formula is C10H14FNO2. The molecule has 0 heterocycles. The van der Waals surface area contributed by atoms with Gasteiger partial charge in [0.1, 0.15) is 11.6 Å². The molecule has 0 aromatic heterocycles. The number of methoxy groups -OCH3 is 1. The number of rotatable bonds is 3. The van der Waals surface area contributed by atoms with Gasteiger partial charge in [0.05, 0.1) is 19.3 Å². The van der Waals surface area contributed by atoms with Gasteiger partial charge >= 0.3 is 0 Å². The third-order valence-corrected chi connectivity index (χ3v) is 2.07. The highest BCUT2D eigenvalue weighted by Gasteiger charge is 2.17. The molecule has 0 aliphatic heterocycles. The van der Waals surface area contributed by atoms with E-state index in [9.17, 15) is 9.50 Å². The van der Waals surface area contributed by atoms with E-state index < -0.39 is 18.0 Å². The van der Waals surface area contributed by atoms with Crippen molar-refractivity contribution in [3.05, 3.63) is 29.6 Å². The lowest BCUT2D eigenvalue weighted by Crippen LogP contribution is -2.23. The molecule has 78 valence electrons. The molecule has 0 saturated carbocycles. The first-order valence-electron chi connectivity index (χ1n) is 4.33. The quantitative estimate of drug-likeness (QED) is 0.769. The molecule has 1 aromatic rings. The molecule has 4 heteroatoms. The summed E-state index contributed by atoms with van der Waals surface area (Å²) >= 11 is 0. The Labute approximate surface area is 82.3 Å². The fourth-order valence-corrected chi connectivity index (χ4v) is 1.23. The maximum Gasteiger partial charge on any atom is 0.123 e. The van der Waals surface area contributed by atoms with Crippen LogP contribution in [0.5, 0.6) is 5.75 Å². The number of aliphatic hydroxyl groups excluding tert-OH is 1. The molecule has 14 heavy (non-hydrogen) atoms. The van der Waals surface area contributed by atoms with E-state index in [-0.39, 0.29) is 0 Å². The largest absolute Gasteiger partial charge is 0.496 e. The van der Waals surface area contributed by atoms with Gasteiger partial charge in [-0.15, -0.1) is 0 Å². The number of aliphatic hydroxyl groups is 1. The second-order valence-corrected chi connectivity index (χ2v) is 3.15. The maximum atomic E-state index is 12.9. The van der Waals surface area contributed by atoms with Crippen molar-refractivity contribution in [1.82, 2.24) is 0 Å². The zero-order valence-corrected chi connectivity index (χ0v) is 8.20. The predicted octanol–water partition coefficient (Wildman–Crippen LogP) is 1.21. The molecule has 0 radical (unpaired) electrons. The predicted molar refractivity (Wildman–Crippen MR) is 51.6 cm³/mol. The molecule has 2 atom stereocenters. The summed E-state index contributed by atoms with van der Waals surface area (Å²) in [6.07, 6.45) is -0.745. The van der Waals surface area contributed by atoms with E-state index >= 15 is 0 Å². The molecule has 0 amide bonds. The lowest BCUT2D eigenvalue weighted by atomic mass is 10.0. The summed E-state index contributed by atoms with van der Waals surface area (Å²) in [4.78, 5) is 0. The number of hydrogen-bond donors (Lipinski definition) is 2. The van der Waals surface area contributed by atoms with Crippen LogP contribution in [0.25, 0.3) is 0 Å². The Hall–Kier alpha value is -1.13. The fourth-order valence-electron chi connectivity index (χ4n) is 1.23. The molecule has 3 N–H and O–H groups in total. The monoisotopic (exact) mass is 199 g/mol.